The number of hydrogen-bond donors (Lipinski definition) is 3. The van der Waals surface area contributed by atoms with Crippen molar-refractivity contribution in [1.29, 1.82) is 5.41 Å². The summed E-state index contributed by atoms with van der Waals surface area (Å²) in [5.41, 5.74) is 7.64. The summed E-state index contributed by atoms with van der Waals surface area (Å²) in [6.07, 6.45) is 0.750. The van der Waals surface area contributed by atoms with Crippen LogP contribution in [0.25, 0.3) is 0 Å². The Balaban J connectivity index is -0.0000000105. The molecule has 0 aromatic carbocycles. The van der Waals surface area contributed by atoms with Crippen molar-refractivity contribution in [2.24, 2.45) is 5.73 Å². The van der Waals surface area contributed by atoms with E-state index in [1.807, 2.05) is 0 Å². The van der Waals surface area contributed by atoms with E-state index < -0.39 is 0 Å². The van der Waals surface area contributed by atoms with Crippen LogP contribution in [-0.2, 0) is 0 Å². The fraction of sp³-hybridized carbons (Fsp3) is 0.500. The van der Waals surface area contributed by atoms with Crippen LogP contribution in [0, 0.1) is 5.41 Å². The van der Waals surface area contributed by atoms with Gasteiger partial charge in [-0.3, -0.25) is 5.41 Å². The third kappa shape index (κ3) is 156. The molecule has 0 unspecified atom stereocenters. The third-order valence-electron chi connectivity index (χ3n) is 0. The summed E-state index contributed by atoms with van der Waals surface area (Å²) in [7, 11) is 1.75. The maximum atomic E-state index is 5.86. The van der Waals surface area contributed by atoms with E-state index in [1.165, 1.54) is 0 Å². The van der Waals surface area contributed by atoms with Crippen LogP contribution in [-0.4, -0.2) is 40.7 Å². The van der Waals surface area contributed by atoms with Gasteiger partial charge in [0.05, 0.1) is 13.4 Å². The van der Waals surface area contributed by atoms with Gasteiger partial charge >= 0.3 is 27.3 Å². The zero-order valence-electron chi connectivity index (χ0n) is 4.45. The van der Waals surface area contributed by atoms with Crippen LogP contribution in [0.1, 0.15) is 0 Å². The van der Waals surface area contributed by atoms with Crippen molar-refractivity contribution in [2.75, 3.05) is 7.05 Å². The normalized spacial score (nSPS) is 2.57. The Morgan fingerprint density at radius 2 is 1.57 bits per heavy atom. The van der Waals surface area contributed by atoms with Crippen molar-refractivity contribution in [3.05, 3.63) is 0 Å². The van der Waals surface area contributed by atoms with Crippen LogP contribution in [0.3, 0.4) is 0 Å². The van der Waals surface area contributed by atoms with Crippen LogP contribution in [0.15, 0.2) is 0 Å². The number of hydrogen-bond acceptors (Lipinski definition) is 1. The molecule has 0 aliphatic carbocycles. The molecule has 0 aromatic rings. The monoisotopic (exact) mass is 413 g/mol. The molecule has 0 heterocycles. The molecule has 0 saturated carbocycles. The van der Waals surface area contributed by atoms with Gasteiger partial charge < -0.3 is 35.4 Å². The van der Waals surface area contributed by atoms with E-state index in [1.54, 1.807) is 7.05 Å². The summed E-state index contributed by atoms with van der Waals surface area (Å²) < 4.78 is 0. The molecule has 0 rings (SSSR count). The molecule has 0 atom stereocenters. The Bertz CT molecular complexity index is 20.4. The van der Waals surface area contributed by atoms with Crippen LogP contribution in [0.4, 0.5) is 0 Å². The van der Waals surface area contributed by atoms with Gasteiger partial charge in [0.2, 0.25) is 0 Å². The predicted octanol–water partition coefficient (Wildman–Crippen LogP) is -5.50. The van der Waals surface area contributed by atoms with Crippen LogP contribution in [0.5, 0.6) is 0 Å². The fourth-order valence-corrected chi connectivity index (χ4v) is 0. The fourth-order valence-electron chi connectivity index (χ4n) is 0. The van der Waals surface area contributed by atoms with E-state index in [4.69, 9.17) is 5.41 Å². The van der Waals surface area contributed by atoms with Crippen LogP contribution < -0.4 is 35.4 Å². The zero-order valence-corrected chi connectivity index (χ0v) is 12.1. The first-order valence-corrected chi connectivity index (χ1v) is 1.33. The molecular formula is C2H12IN3Pb. The third-order valence-corrected chi connectivity index (χ3v) is 0. The molecule has 0 aliphatic heterocycles. The van der Waals surface area contributed by atoms with Gasteiger partial charge in [0.15, 0.2) is 0 Å². The molecule has 0 spiro atoms. The van der Waals surface area contributed by atoms with E-state index >= 15 is 0 Å². The van der Waals surface area contributed by atoms with Crippen molar-refractivity contribution < 1.29 is 29.7 Å². The summed E-state index contributed by atoms with van der Waals surface area (Å²) in [4.78, 5) is 0. The van der Waals surface area contributed by atoms with E-state index in [-0.39, 0.29) is 51.3 Å². The topological polar surface area (TPSA) is 77.5 Å². The first-order valence-electron chi connectivity index (χ1n) is 1.33. The van der Waals surface area contributed by atoms with E-state index in [0.717, 1.165) is 6.34 Å². The molecule has 2 radical (unpaired) electrons. The Kier molecular flexibility index (Phi) is 210. The van der Waals surface area contributed by atoms with Crippen molar-refractivity contribution in [3.8, 4) is 0 Å². The molecule has 0 aliphatic rings. The Morgan fingerprint density at radius 3 is 1.57 bits per heavy atom. The second-order valence-corrected chi connectivity index (χ2v) is 0.167. The predicted molar refractivity (Wildman–Crippen MR) is 30.3 cm³/mol. The van der Waals surface area contributed by atoms with Crippen molar-refractivity contribution in [1.82, 2.24) is 0 Å². The number of rotatable bonds is 0. The minimum atomic E-state index is 0. The van der Waals surface area contributed by atoms with Gasteiger partial charge in [-0.15, -0.1) is 0 Å². The van der Waals surface area contributed by atoms with E-state index in [9.17, 15) is 0 Å². The standard InChI is InChI=1S/CH4N2.CH5N.HI.Pb.2H/c2-1-3;1-2;;;;/h1H,(H3,2,3);2H2,1H3;1H;;;. The van der Waals surface area contributed by atoms with Crippen molar-refractivity contribution in [2.45, 2.75) is 0 Å². The summed E-state index contributed by atoms with van der Waals surface area (Å²) in [6.45, 7) is 0. The van der Waals surface area contributed by atoms with Crippen molar-refractivity contribution in [3.63, 3.8) is 0 Å². The Morgan fingerprint density at radius 1 is 1.57 bits per heavy atom. The summed E-state index contributed by atoms with van der Waals surface area (Å²) in [6, 6.07) is 0. The second-order valence-electron chi connectivity index (χ2n) is 0.167. The first-order chi connectivity index (χ1) is 2.41. The molecule has 0 saturated heterocycles. The molecule has 5 heteroatoms. The van der Waals surface area contributed by atoms with Gasteiger partial charge in [0.25, 0.3) is 0 Å². The maximum absolute atomic E-state index is 5.86. The van der Waals surface area contributed by atoms with E-state index in [2.05, 4.69) is 11.5 Å². The van der Waals surface area contributed by atoms with Crippen LogP contribution >= 0.6 is 0 Å². The second kappa shape index (κ2) is 60.4. The number of nitrogens with two attached hydrogens (primary N) is 1. The molecule has 0 fully saturated rings. The summed E-state index contributed by atoms with van der Waals surface area (Å²) in [5.74, 6) is 0. The average molecular weight is 412 g/mol. The number of halogens is 1. The van der Waals surface area contributed by atoms with E-state index in [0.29, 0.717) is 0 Å². The molecule has 3 nitrogen and oxygen atoms in total. The van der Waals surface area contributed by atoms with Gasteiger partial charge in [-0.25, -0.2) is 0 Å². The van der Waals surface area contributed by atoms with Gasteiger partial charge in [-0.1, -0.05) is 0 Å². The van der Waals surface area contributed by atoms with Gasteiger partial charge in [-0.2, -0.15) is 0 Å². The van der Waals surface area contributed by atoms with Crippen molar-refractivity contribution >= 4 is 33.6 Å². The molecule has 0 aromatic heterocycles. The SMILES string of the molecule is C[NH3+].N=CN.[I-].[PbH2]. The average Bonchev–Trinajstić information content (AvgIpc) is 1.46. The quantitative estimate of drug-likeness (QED) is 0.158. The molecule has 0 amide bonds. The Hall–Kier alpha value is 1.08. The Labute approximate surface area is 80.9 Å². The number of nitrogens with one attached hydrogen (secondary N) is 1. The molecular weight excluding hydrogens is 400 g/mol. The molecule has 46 valence electrons. The minimum absolute atomic E-state index is 0. The molecule has 6 N–H and O–H groups in total. The van der Waals surface area contributed by atoms with Gasteiger partial charge in [0.1, 0.15) is 0 Å². The number of quaternary nitrogens is 1. The zero-order chi connectivity index (χ0) is 4.71. The van der Waals surface area contributed by atoms with Crippen LogP contribution in [0.2, 0.25) is 0 Å². The van der Waals surface area contributed by atoms with Gasteiger partial charge in [-0.05, 0) is 0 Å². The molecule has 0 bridgehead atoms. The molecule has 7 heavy (non-hydrogen) atoms. The first kappa shape index (κ1) is 24.3. The van der Waals surface area contributed by atoms with Gasteiger partial charge in [0, 0.05) is 0 Å². The summed E-state index contributed by atoms with van der Waals surface area (Å²) in [5, 5.41) is 5.86. The summed E-state index contributed by atoms with van der Waals surface area (Å²) >= 11 is 0.